The van der Waals surface area contributed by atoms with Crippen molar-refractivity contribution in [1.82, 2.24) is 20.1 Å². The van der Waals surface area contributed by atoms with Crippen LogP contribution in [0.4, 0.5) is 26.7 Å². The molecular formula is C35H36N6O6S. The maximum absolute atomic E-state index is 13.6. The van der Waals surface area contributed by atoms with Crippen LogP contribution in [-0.2, 0) is 4.79 Å². The minimum Gasteiger partial charge on any atom is -0.465 e. The van der Waals surface area contributed by atoms with Crippen molar-refractivity contribution in [2.24, 2.45) is 0 Å². The number of pyridine rings is 1. The van der Waals surface area contributed by atoms with Gasteiger partial charge in [-0.05, 0) is 76.1 Å². The minimum absolute atomic E-state index is 0.0833. The number of ether oxygens (including phenoxy) is 1. The second kappa shape index (κ2) is 13.0. The molecule has 1 fully saturated rings. The number of urea groups is 1. The summed E-state index contributed by atoms with van der Waals surface area (Å²) in [6, 6.07) is 16.0. The number of carbonyl (C=O) groups excluding carboxylic acids is 3. The topological polar surface area (TPSA) is 144 Å². The van der Waals surface area contributed by atoms with Crippen LogP contribution in [0.25, 0.3) is 10.2 Å². The lowest BCUT2D eigenvalue weighted by atomic mass is 10.1. The van der Waals surface area contributed by atoms with Gasteiger partial charge < -0.3 is 25.4 Å². The number of aromatic nitrogens is 1. The molecule has 48 heavy (non-hydrogen) atoms. The average molecular weight is 669 g/mol. The summed E-state index contributed by atoms with van der Waals surface area (Å²) in [5.74, 6) is 0.741. The normalized spacial score (nSPS) is 15.9. The van der Waals surface area contributed by atoms with Gasteiger partial charge in [-0.15, -0.1) is 11.3 Å². The fourth-order valence-electron chi connectivity index (χ4n) is 5.88. The van der Waals surface area contributed by atoms with E-state index in [0.717, 1.165) is 5.56 Å². The molecule has 2 aromatic carbocycles. The number of nitrogens with one attached hydrogen (secondary N) is 2. The minimum atomic E-state index is -1.06. The SMILES string of the molecule is Cc1cc(Oc2ccccc2)ccc1N1C(=O)Nc2c(C(=O)N[C@@H]3CCN(C(=O)/C=C/CN(C(=O)O)C(C)(C)C)C3)sc3nccc1c23. The van der Waals surface area contributed by atoms with Crippen LogP contribution >= 0.6 is 11.3 Å². The zero-order valence-electron chi connectivity index (χ0n) is 27.0. The summed E-state index contributed by atoms with van der Waals surface area (Å²) < 4.78 is 5.97. The molecular weight excluding hydrogens is 632 g/mol. The first-order chi connectivity index (χ1) is 22.9. The second-order valence-corrected chi connectivity index (χ2v) is 13.7. The molecule has 2 aliphatic heterocycles. The summed E-state index contributed by atoms with van der Waals surface area (Å²) in [6.45, 7) is 8.11. The number of nitrogens with zero attached hydrogens (tertiary/aromatic N) is 4. The highest BCUT2D eigenvalue weighted by Crippen LogP contribution is 2.46. The Morgan fingerprint density at radius 1 is 1.12 bits per heavy atom. The zero-order valence-corrected chi connectivity index (χ0v) is 27.8. The van der Waals surface area contributed by atoms with Crippen LogP contribution < -0.4 is 20.3 Å². The van der Waals surface area contributed by atoms with E-state index in [1.165, 1.54) is 22.3 Å². The van der Waals surface area contributed by atoms with Gasteiger partial charge in [-0.2, -0.15) is 0 Å². The Kier molecular flexibility index (Phi) is 8.80. The molecule has 0 radical (unpaired) electrons. The van der Waals surface area contributed by atoms with Crippen LogP contribution in [0.5, 0.6) is 11.5 Å². The van der Waals surface area contributed by atoms with Crippen molar-refractivity contribution in [2.45, 2.75) is 45.7 Å². The summed E-state index contributed by atoms with van der Waals surface area (Å²) >= 11 is 1.20. The van der Waals surface area contributed by atoms with Crippen LogP contribution in [0, 0.1) is 6.92 Å². The van der Waals surface area contributed by atoms with Gasteiger partial charge in [0.05, 0.1) is 22.4 Å². The number of benzene rings is 2. The summed E-state index contributed by atoms with van der Waals surface area (Å²) in [5.41, 5.74) is 1.91. The molecule has 0 spiro atoms. The first-order valence-electron chi connectivity index (χ1n) is 15.5. The molecule has 4 aromatic rings. The summed E-state index contributed by atoms with van der Waals surface area (Å²) in [6.07, 6.45) is 4.04. The third-order valence-corrected chi connectivity index (χ3v) is 9.36. The maximum Gasteiger partial charge on any atom is 0.408 e. The number of carboxylic acid groups (broad SMARTS) is 1. The van der Waals surface area contributed by atoms with Gasteiger partial charge in [0.25, 0.3) is 5.91 Å². The number of para-hydroxylation sites is 1. The van der Waals surface area contributed by atoms with Gasteiger partial charge >= 0.3 is 12.1 Å². The van der Waals surface area contributed by atoms with E-state index in [0.29, 0.717) is 63.2 Å². The molecule has 5 amide bonds. The number of aryl methyl sites for hydroxylation is 1. The van der Waals surface area contributed by atoms with Crippen molar-refractivity contribution in [3.05, 3.63) is 83.4 Å². The molecule has 1 atom stereocenters. The van der Waals surface area contributed by atoms with Crippen LogP contribution in [0.3, 0.4) is 0 Å². The highest BCUT2D eigenvalue weighted by molar-refractivity contribution is 7.21. The summed E-state index contributed by atoms with van der Waals surface area (Å²) in [4.78, 5) is 61.5. The quantitative estimate of drug-likeness (QED) is 0.176. The number of carbonyl (C=O) groups is 4. The van der Waals surface area contributed by atoms with Gasteiger partial charge in [0, 0.05) is 43.5 Å². The van der Waals surface area contributed by atoms with Crippen molar-refractivity contribution in [3.63, 3.8) is 0 Å². The predicted molar refractivity (Wildman–Crippen MR) is 185 cm³/mol. The third kappa shape index (κ3) is 6.54. The van der Waals surface area contributed by atoms with Crippen molar-refractivity contribution < 1.29 is 29.0 Å². The van der Waals surface area contributed by atoms with E-state index in [2.05, 4.69) is 15.6 Å². The fraction of sp³-hybridized carbons (Fsp3) is 0.286. The van der Waals surface area contributed by atoms with Gasteiger partial charge in [0.2, 0.25) is 5.91 Å². The van der Waals surface area contributed by atoms with Gasteiger partial charge in [-0.25, -0.2) is 14.6 Å². The number of likely N-dealkylation sites (tertiary alicyclic amines) is 1. The average Bonchev–Trinajstić information content (AvgIpc) is 3.65. The molecule has 4 heterocycles. The smallest absolute Gasteiger partial charge is 0.408 e. The number of rotatable bonds is 8. The van der Waals surface area contributed by atoms with Gasteiger partial charge in [-0.1, -0.05) is 24.3 Å². The highest BCUT2D eigenvalue weighted by atomic mass is 32.1. The van der Waals surface area contributed by atoms with Crippen molar-refractivity contribution >= 4 is 62.6 Å². The first-order valence-corrected chi connectivity index (χ1v) is 16.4. The van der Waals surface area contributed by atoms with Crippen LogP contribution in [0.1, 0.15) is 42.4 Å². The standard InChI is InChI=1S/C35H36N6O6S/c1-21-19-24(47-23-9-6-5-7-10-23)12-13-25(21)41-26-14-16-36-32-28(26)29(38-33(41)44)30(48-32)31(43)37-22-15-18-39(20-22)27(42)11-8-17-40(34(45)46)35(2,3)4/h5-14,16,19,22H,15,17-18,20H2,1-4H3,(H,37,43)(H,38,44)(H,45,46)/b11-8+/t22-/m1/s1. The van der Waals surface area contributed by atoms with Crippen molar-refractivity contribution in [1.29, 1.82) is 0 Å². The van der Waals surface area contributed by atoms with E-state index in [-0.39, 0.29) is 24.4 Å². The van der Waals surface area contributed by atoms with Gasteiger partial charge in [0.1, 0.15) is 21.2 Å². The van der Waals surface area contributed by atoms with Crippen LogP contribution in [0.15, 0.2) is 72.9 Å². The number of thiophene rings is 1. The molecule has 0 bridgehead atoms. The van der Waals surface area contributed by atoms with E-state index < -0.39 is 17.7 Å². The molecule has 6 rings (SSSR count). The summed E-state index contributed by atoms with van der Waals surface area (Å²) in [7, 11) is 0. The maximum atomic E-state index is 13.6. The number of hydrogen-bond donors (Lipinski definition) is 3. The molecule has 12 nitrogen and oxygen atoms in total. The van der Waals surface area contributed by atoms with Gasteiger partial charge in [-0.3, -0.25) is 19.4 Å². The molecule has 2 aliphatic rings. The third-order valence-electron chi connectivity index (χ3n) is 8.26. The highest BCUT2D eigenvalue weighted by Gasteiger charge is 2.35. The zero-order chi connectivity index (χ0) is 34.2. The Labute approximate surface area is 281 Å². The van der Waals surface area contributed by atoms with E-state index >= 15 is 0 Å². The fourth-order valence-corrected chi connectivity index (χ4v) is 6.91. The molecule has 248 valence electrons. The largest absolute Gasteiger partial charge is 0.465 e. The van der Waals surface area contributed by atoms with Gasteiger partial charge in [0.15, 0.2) is 0 Å². The second-order valence-electron chi connectivity index (χ2n) is 12.7. The molecule has 0 saturated carbocycles. The van der Waals surface area contributed by atoms with E-state index in [1.807, 2.05) is 55.5 Å². The van der Waals surface area contributed by atoms with E-state index in [9.17, 15) is 24.3 Å². The molecule has 0 unspecified atom stereocenters. The summed E-state index contributed by atoms with van der Waals surface area (Å²) in [5, 5.41) is 16.1. The Morgan fingerprint density at radius 2 is 1.90 bits per heavy atom. The lowest BCUT2D eigenvalue weighted by Crippen LogP contribution is -2.45. The number of hydrogen-bond acceptors (Lipinski definition) is 7. The monoisotopic (exact) mass is 668 g/mol. The molecule has 3 N–H and O–H groups in total. The molecule has 13 heteroatoms. The number of anilines is 3. The Morgan fingerprint density at radius 3 is 2.60 bits per heavy atom. The van der Waals surface area contributed by atoms with E-state index in [4.69, 9.17) is 4.74 Å². The lowest BCUT2D eigenvalue weighted by molar-refractivity contribution is -0.125. The predicted octanol–water partition coefficient (Wildman–Crippen LogP) is 6.75. The Hall–Kier alpha value is -5.43. The van der Waals surface area contributed by atoms with E-state index in [1.54, 1.807) is 48.9 Å². The van der Waals surface area contributed by atoms with Crippen LogP contribution in [-0.4, -0.2) is 75.0 Å². The number of amides is 5. The van der Waals surface area contributed by atoms with Crippen molar-refractivity contribution in [2.75, 3.05) is 29.9 Å². The van der Waals surface area contributed by atoms with Crippen LogP contribution in [0.2, 0.25) is 0 Å². The Bertz CT molecular complexity index is 1930. The molecule has 0 aliphatic carbocycles. The van der Waals surface area contributed by atoms with Crippen molar-refractivity contribution in [3.8, 4) is 11.5 Å². The Balaban J connectivity index is 1.16. The first kappa shape index (κ1) is 32.5. The molecule has 1 saturated heterocycles. The lowest BCUT2D eigenvalue weighted by Gasteiger charge is -2.32. The molecule has 2 aromatic heterocycles.